The number of nitrogens with zero attached hydrogens (tertiary/aromatic N) is 3. The molecule has 232 valence electrons. The van der Waals surface area contributed by atoms with Crippen molar-refractivity contribution in [2.75, 3.05) is 13.7 Å². The molecule has 0 amide bonds. The van der Waals surface area contributed by atoms with E-state index in [2.05, 4.69) is 0 Å². The minimum atomic E-state index is -0.859. The quantitative estimate of drug-likeness (QED) is 0.121. The molecule has 11 heteroatoms. The molecule has 46 heavy (non-hydrogen) atoms. The maximum absolute atomic E-state index is 14.2. The summed E-state index contributed by atoms with van der Waals surface area (Å²) in [5, 5.41) is 11.5. The lowest BCUT2D eigenvalue weighted by molar-refractivity contribution is -0.385. The second kappa shape index (κ2) is 12.4. The van der Waals surface area contributed by atoms with Gasteiger partial charge in [0.25, 0.3) is 11.2 Å². The van der Waals surface area contributed by atoms with E-state index in [1.165, 1.54) is 22.0 Å². The number of benzene rings is 3. The zero-order valence-corrected chi connectivity index (χ0v) is 26.3. The van der Waals surface area contributed by atoms with Crippen LogP contribution in [-0.4, -0.2) is 29.2 Å². The molecule has 1 atom stereocenters. The summed E-state index contributed by atoms with van der Waals surface area (Å²) in [5.74, 6) is 0.848. The predicted molar refractivity (Wildman–Crippen MR) is 174 cm³/mol. The first-order chi connectivity index (χ1) is 22.2. The van der Waals surface area contributed by atoms with Crippen molar-refractivity contribution in [3.63, 3.8) is 0 Å². The molecule has 0 radical (unpaired) electrons. The Labute approximate surface area is 267 Å². The molecule has 0 spiro atoms. The van der Waals surface area contributed by atoms with Crippen LogP contribution in [0.4, 0.5) is 5.69 Å². The number of esters is 1. The number of carbonyl (C=O) groups excluding carboxylic acids is 1. The monoisotopic (exact) mass is 635 g/mol. The van der Waals surface area contributed by atoms with E-state index in [1.807, 2.05) is 55.5 Å². The molecule has 6 rings (SSSR count). The van der Waals surface area contributed by atoms with E-state index in [1.54, 1.807) is 51.3 Å². The van der Waals surface area contributed by atoms with Crippen LogP contribution in [0.15, 0.2) is 98.6 Å². The van der Waals surface area contributed by atoms with Crippen LogP contribution in [-0.2, 0) is 9.53 Å². The Balaban J connectivity index is 1.56. The van der Waals surface area contributed by atoms with E-state index in [9.17, 15) is 19.7 Å². The van der Waals surface area contributed by atoms with Crippen LogP contribution in [0.3, 0.4) is 0 Å². The summed E-state index contributed by atoms with van der Waals surface area (Å²) in [6.07, 6.45) is 1.61. The molecule has 3 aromatic carbocycles. The lowest BCUT2D eigenvalue weighted by Gasteiger charge is -2.26. The van der Waals surface area contributed by atoms with Gasteiger partial charge in [0.2, 0.25) is 0 Å². The molecule has 2 aromatic heterocycles. The van der Waals surface area contributed by atoms with Crippen molar-refractivity contribution in [1.29, 1.82) is 0 Å². The lowest BCUT2D eigenvalue weighted by Crippen LogP contribution is -2.40. The van der Waals surface area contributed by atoms with Gasteiger partial charge in [-0.05, 0) is 50.1 Å². The number of methoxy groups -OCH3 is 1. The topological polar surface area (TPSA) is 126 Å². The van der Waals surface area contributed by atoms with Crippen molar-refractivity contribution in [3.8, 4) is 17.1 Å². The van der Waals surface area contributed by atoms with Gasteiger partial charge in [0.1, 0.15) is 17.3 Å². The molecular weight excluding hydrogens is 606 g/mol. The summed E-state index contributed by atoms with van der Waals surface area (Å²) >= 11 is 1.17. The van der Waals surface area contributed by atoms with E-state index in [-0.39, 0.29) is 23.4 Å². The molecule has 0 bridgehead atoms. The highest BCUT2D eigenvalue weighted by Gasteiger charge is 2.35. The van der Waals surface area contributed by atoms with Crippen LogP contribution >= 0.6 is 11.3 Å². The number of furan rings is 1. The van der Waals surface area contributed by atoms with E-state index in [0.717, 1.165) is 5.56 Å². The van der Waals surface area contributed by atoms with Crippen molar-refractivity contribution in [3.05, 3.63) is 142 Å². The van der Waals surface area contributed by atoms with E-state index in [4.69, 9.17) is 18.9 Å². The number of nitro benzene ring substituents is 1. The van der Waals surface area contributed by atoms with Crippen LogP contribution in [0.25, 0.3) is 23.1 Å². The molecular formula is C35H29N3O7S. The average molecular weight is 636 g/mol. The number of rotatable bonds is 8. The number of aromatic nitrogens is 1. The Kier molecular flexibility index (Phi) is 8.25. The van der Waals surface area contributed by atoms with Crippen molar-refractivity contribution in [2.45, 2.75) is 26.8 Å². The number of hydrogen-bond donors (Lipinski definition) is 0. The van der Waals surface area contributed by atoms with Gasteiger partial charge in [0, 0.05) is 28.8 Å². The number of ether oxygens (including phenoxy) is 2. The van der Waals surface area contributed by atoms with E-state index < -0.39 is 16.9 Å². The maximum Gasteiger partial charge on any atom is 0.338 e. The fourth-order valence-electron chi connectivity index (χ4n) is 5.56. The molecule has 0 unspecified atom stereocenters. The van der Waals surface area contributed by atoms with E-state index in [0.29, 0.717) is 54.6 Å². The first-order valence-corrected chi connectivity index (χ1v) is 15.3. The molecule has 1 aliphatic heterocycles. The van der Waals surface area contributed by atoms with Crippen LogP contribution in [0.5, 0.6) is 5.75 Å². The summed E-state index contributed by atoms with van der Waals surface area (Å²) in [5.41, 5.74) is 3.58. The molecule has 0 aliphatic carbocycles. The van der Waals surface area contributed by atoms with Gasteiger partial charge in [-0.25, -0.2) is 9.79 Å². The molecule has 0 fully saturated rings. The van der Waals surface area contributed by atoms with Crippen LogP contribution in [0, 0.1) is 24.0 Å². The van der Waals surface area contributed by atoms with Crippen LogP contribution < -0.4 is 19.6 Å². The molecule has 0 saturated heterocycles. The van der Waals surface area contributed by atoms with Gasteiger partial charge < -0.3 is 13.9 Å². The Morgan fingerprint density at radius 2 is 1.87 bits per heavy atom. The minimum absolute atomic E-state index is 0.0110. The Morgan fingerprint density at radius 1 is 1.09 bits per heavy atom. The molecule has 1 aliphatic rings. The highest BCUT2D eigenvalue weighted by Crippen LogP contribution is 2.37. The van der Waals surface area contributed by atoms with Gasteiger partial charge >= 0.3 is 5.97 Å². The normalized spacial score (nSPS) is 14.5. The molecule has 0 saturated carbocycles. The number of aryl methyl sites for hydroxylation is 1. The first-order valence-electron chi connectivity index (χ1n) is 14.5. The second-order valence-corrected chi connectivity index (χ2v) is 11.6. The van der Waals surface area contributed by atoms with Crippen molar-refractivity contribution < 1.29 is 23.6 Å². The fourth-order valence-corrected chi connectivity index (χ4v) is 6.54. The zero-order chi connectivity index (χ0) is 32.5. The van der Waals surface area contributed by atoms with Gasteiger partial charge in [-0.3, -0.25) is 19.5 Å². The standard InChI is InChI=1S/C35H29N3O7S/c1-5-44-34(40)30-31(22-10-7-6-8-11-22)36-35-37(32(30)23-15-14-20(2)28(18-23)43-4)33(39)29(46-35)19-24-16-17-27(45-24)25-12-9-13-26(21(25)3)38(41)42/h6-19,32H,5H2,1-4H3/b29-19+/t32-/m0/s1. The molecule has 5 aromatic rings. The third-order valence-electron chi connectivity index (χ3n) is 7.79. The Bertz CT molecular complexity index is 2210. The number of fused-ring (bicyclic) bond motifs is 1. The van der Waals surface area contributed by atoms with Crippen molar-refractivity contribution in [1.82, 2.24) is 4.57 Å². The van der Waals surface area contributed by atoms with Crippen LogP contribution in [0.1, 0.15) is 41.0 Å². The predicted octanol–water partition coefficient (Wildman–Crippen LogP) is 5.73. The third kappa shape index (κ3) is 5.45. The minimum Gasteiger partial charge on any atom is -0.496 e. The average Bonchev–Trinajstić information content (AvgIpc) is 3.64. The van der Waals surface area contributed by atoms with Gasteiger partial charge in [-0.1, -0.05) is 65.9 Å². The Hall–Kier alpha value is -5.55. The molecule has 10 nitrogen and oxygen atoms in total. The SMILES string of the molecule is CCOC(=O)C1=C(c2ccccc2)N=c2s/c(=C/c3ccc(-c4cccc([N+](=O)[O-])c4C)o3)c(=O)n2[C@H]1c1ccc(C)c(OC)c1. The summed E-state index contributed by atoms with van der Waals surface area (Å²) in [4.78, 5) is 44.2. The fraction of sp³-hybridized carbons (Fsp3) is 0.171. The lowest BCUT2D eigenvalue weighted by atomic mass is 9.92. The smallest absolute Gasteiger partial charge is 0.338 e. The first kappa shape index (κ1) is 30.5. The summed E-state index contributed by atoms with van der Waals surface area (Å²) < 4.78 is 19.0. The second-order valence-electron chi connectivity index (χ2n) is 10.6. The van der Waals surface area contributed by atoms with Gasteiger partial charge in [0.05, 0.1) is 40.5 Å². The largest absolute Gasteiger partial charge is 0.496 e. The molecule has 3 heterocycles. The number of thiazole rings is 1. The zero-order valence-electron chi connectivity index (χ0n) is 25.5. The summed E-state index contributed by atoms with van der Waals surface area (Å²) in [6.45, 7) is 5.45. The maximum atomic E-state index is 14.2. The van der Waals surface area contributed by atoms with E-state index >= 15 is 0 Å². The van der Waals surface area contributed by atoms with Gasteiger partial charge in [-0.2, -0.15) is 0 Å². The highest BCUT2D eigenvalue weighted by molar-refractivity contribution is 7.07. The Morgan fingerprint density at radius 3 is 2.59 bits per heavy atom. The van der Waals surface area contributed by atoms with Crippen molar-refractivity contribution >= 4 is 34.8 Å². The van der Waals surface area contributed by atoms with Gasteiger partial charge in [-0.15, -0.1) is 0 Å². The summed E-state index contributed by atoms with van der Waals surface area (Å²) in [7, 11) is 1.57. The summed E-state index contributed by atoms with van der Waals surface area (Å²) in [6, 6.07) is 22.2. The third-order valence-corrected chi connectivity index (χ3v) is 8.77. The van der Waals surface area contributed by atoms with Gasteiger partial charge in [0.15, 0.2) is 4.80 Å². The number of carbonyl (C=O) groups is 1. The highest BCUT2D eigenvalue weighted by atomic mass is 32.1. The number of nitro groups is 1. The van der Waals surface area contributed by atoms with Crippen LogP contribution in [0.2, 0.25) is 0 Å². The number of hydrogen-bond acceptors (Lipinski definition) is 9. The van der Waals surface area contributed by atoms with Crippen molar-refractivity contribution in [2.24, 2.45) is 4.99 Å². The molecule has 0 N–H and O–H groups in total.